The molecule has 0 amide bonds. The smallest absolute Gasteiger partial charge is 0.338 e. The van der Waals surface area contributed by atoms with Gasteiger partial charge in [0.1, 0.15) is 6.10 Å². The monoisotopic (exact) mass is 462 g/mol. The summed E-state index contributed by atoms with van der Waals surface area (Å²) < 4.78 is 16.6. The number of hydrogen-bond donors (Lipinski definition) is 1. The van der Waals surface area contributed by atoms with Crippen LogP contribution in [0, 0.1) is 5.92 Å². The summed E-state index contributed by atoms with van der Waals surface area (Å²) in [5.41, 5.74) is 0.947. The van der Waals surface area contributed by atoms with Gasteiger partial charge in [-0.15, -0.1) is 0 Å². The molecule has 1 unspecified atom stereocenters. The molecule has 0 aliphatic heterocycles. The SMILES string of the molecule is C=C(/C=C/[C@@H](O)[C@H](C)C(=O)OC)C(CCO[Si](C)(C)C(C)(C)C)OC(=O)c1ccccc1. The Kier molecular flexibility index (Phi) is 10.5. The second-order valence-corrected chi connectivity index (χ2v) is 14.2. The first-order chi connectivity index (χ1) is 14.8. The fraction of sp³-hybridized carbons (Fsp3) is 0.520. The first-order valence-corrected chi connectivity index (χ1v) is 13.7. The van der Waals surface area contributed by atoms with E-state index in [4.69, 9.17) is 9.16 Å². The van der Waals surface area contributed by atoms with Crippen molar-refractivity contribution in [2.45, 2.75) is 64.5 Å². The van der Waals surface area contributed by atoms with E-state index in [9.17, 15) is 14.7 Å². The van der Waals surface area contributed by atoms with Crippen molar-refractivity contribution in [2.24, 2.45) is 5.92 Å². The Bertz CT molecular complexity index is 794. The molecule has 1 rings (SSSR count). The molecule has 0 saturated carbocycles. The van der Waals surface area contributed by atoms with E-state index >= 15 is 0 Å². The Labute approximate surface area is 193 Å². The highest BCUT2D eigenvalue weighted by Crippen LogP contribution is 2.36. The minimum atomic E-state index is -1.96. The van der Waals surface area contributed by atoms with Crippen LogP contribution in [0.25, 0.3) is 0 Å². The van der Waals surface area contributed by atoms with E-state index in [1.165, 1.54) is 13.2 Å². The van der Waals surface area contributed by atoms with Gasteiger partial charge in [0.05, 0.1) is 24.7 Å². The Morgan fingerprint density at radius 1 is 1.19 bits per heavy atom. The molecule has 6 nitrogen and oxygen atoms in total. The van der Waals surface area contributed by atoms with Crippen molar-refractivity contribution in [3.8, 4) is 0 Å². The van der Waals surface area contributed by atoms with E-state index in [1.54, 1.807) is 37.3 Å². The van der Waals surface area contributed by atoms with Crippen LogP contribution in [-0.4, -0.2) is 51.3 Å². The van der Waals surface area contributed by atoms with Crippen LogP contribution in [-0.2, 0) is 18.7 Å². The van der Waals surface area contributed by atoms with Crippen molar-refractivity contribution in [3.05, 3.63) is 60.2 Å². The summed E-state index contributed by atoms with van der Waals surface area (Å²) in [5.74, 6) is -1.69. The molecule has 0 spiro atoms. The van der Waals surface area contributed by atoms with Crippen LogP contribution >= 0.6 is 0 Å². The van der Waals surface area contributed by atoms with E-state index in [0.717, 1.165) is 0 Å². The molecule has 0 aromatic heterocycles. The number of methoxy groups -OCH3 is 1. The number of aliphatic hydroxyl groups excluding tert-OH is 1. The van der Waals surface area contributed by atoms with Gasteiger partial charge in [0.25, 0.3) is 0 Å². The van der Waals surface area contributed by atoms with Crippen molar-refractivity contribution >= 4 is 20.3 Å². The predicted molar refractivity (Wildman–Crippen MR) is 129 cm³/mol. The molecule has 0 radical (unpaired) electrons. The summed E-state index contributed by atoms with van der Waals surface area (Å²) in [4.78, 5) is 24.3. The Hall–Kier alpha value is -2.22. The van der Waals surface area contributed by atoms with Gasteiger partial charge in [0.2, 0.25) is 0 Å². The molecule has 1 aromatic rings. The van der Waals surface area contributed by atoms with Crippen molar-refractivity contribution in [3.63, 3.8) is 0 Å². The molecule has 3 atom stereocenters. The van der Waals surface area contributed by atoms with Crippen LogP contribution in [0.3, 0.4) is 0 Å². The lowest BCUT2D eigenvalue weighted by Gasteiger charge is -2.36. The van der Waals surface area contributed by atoms with Crippen molar-refractivity contribution in [1.82, 2.24) is 0 Å². The Balaban J connectivity index is 2.93. The summed E-state index contributed by atoms with van der Waals surface area (Å²) in [5, 5.41) is 10.3. The molecule has 1 aromatic carbocycles. The molecule has 0 bridgehead atoms. The zero-order chi connectivity index (χ0) is 24.5. The van der Waals surface area contributed by atoms with Gasteiger partial charge in [-0.1, -0.05) is 57.7 Å². The van der Waals surface area contributed by atoms with Crippen LogP contribution in [0.1, 0.15) is 44.5 Å². The van der Waals surface area contributed by atoms with Crippen molar-refractivity contribution in [2.75, 3.05) is 13.7 Å². The molecule has 178 valence electrons. The standard InChI is InChI=1S/C25H38O6Si/c1-18(14-15-21(26)19(2)23(27)29-6)22(16-17-30-32(7,8)25(3,4)5)31-24(28)20-12-10-9-11-13-20/h9-15,19,21-22,26H,1,16-17H2,2-8H3/b15-14+/t19-,21+,22?/m0/s1. The lowest BCUT2D eigenvalue weighted by molar-refractivity contribution is -0.147. The second-order valence-electron chi connectivity index (χ2n) is 9.39. The van der Waals surface area contributed by atoms with Crippen LogP contribution in [0.4, 0.5) is 0 Å². The number of benzene rings is 1. The quantitative estimate of drug-likeness (QED) is 0.286. The van der Waals surface area contributed by atoms with E-state index in [2.05, 4.69) is 45.2 Å². The number of esters is 2. The predicted octanol–water partition coefficient (Wildman–Crippen LogP) is 4.91. The summed E-state index contributed by atoms with van der Waals surface area (Å²) in [6, 6.07) is 8.74. The maximum Gasteiger partial charge on any atom is 0.338 e. The largest absolute Gasteiger partial charge is 0.469 e. The molecule has 0 heterocycles. The molecular formula is C25H38O6Si. The fourth-order valence-electron chi connectivity index (χ4n) is 2.55. The number of hydrogen-bond acceptors (Lipinski definition) is 6. The van der Waals surface area contributed by atoms with Crippen LogP contribution in [0.2, 0.25) is 18.1 Å². The number of rotatable bonds is 11. The van der Waals surface area contributed by atoms with Gasteiger partial charge >= 0.3 is 11.9 Å². The fourth-order valence-corrected chi connectivity index (χ4v) is 3.61. The normalized spacial score (nSPS) is 15.1. The van der Waals surface area contributed by atoms with E-state index in [0.29, 0.717) is 24.2 Å². The van der Waals surface area contributed by atoms with Crippen LogP contribution < -0.4 is 0 Å². The van der Waals surface area contributed by atoms with Gasteiger partial charge in [-0.05, 0) is 42.8 Å². The number of carbonyl (C=O) groups excluding carboxylic acids is 2. The third-order valence-corrected chi connectivity index (χ3v) is 10.5. The Morgan fingerprint density at radius 2 is 1.78 bits per heavy atom. The molecule has 7 heteroatoms. The van der Waals surface area contributed by atoms with Crippen LogP contribution in [0.15, 0.2) is 54.6 Å². The van der Waals surface area contributed by atoms with Crippen LogP contribution in [0.5, 0.6) is 0 Å². The molecule has 1 N–H and O–H groups in total. The number of carbonyl (C=O) groups is 2. The van der Waals surface area contributed by atoms with Crippen molar-refractivity contribution in [1.29, 1.82) is 0 Å². The third kappa shape index (κ3) is 8.37. The molecule has 0 aliphatic rings. The average Bonchev–Trinajstić information content (AvgIpc) is 2.74. The summed E-state index contributed by atoms with van der Waals surface area (Å²) in [7, 11) is -0.685. The van der Waals surface area contributed by atoms with Gasteiger partial charge < -0.3 is 19.0 Å². The van der Waals surface area contributed by atoms with Gasteiger partial charge in [-0.2, -0.15) is 0 Å². The average molecular weight is 463 g/mol. The lowest BCUT2D eigenvalue weighted by Crippen LogP contribution is -2.41. The highest BCUT2D eigenvalue weighted by atomic mass is 28.4. The van der Waals surface area contributed by atoms with Gasteiger partial charge in [-0.3, -0.25) is 4.79 Å². The van der Waals surface area contributed by atoms with Gasteiger partial charge in [-0.25, -0.2) is 4.79 Å². The van der Waals surface area contributed by atoms with E-state index in [-0.39, 0.29) is 5.04 Å². The third-order valence-electron chi connectivity index (χ3n) is 5.91. The van der Waals surface area contributed by atoms with E-state index < -0.39 is 38.4 Å². The summed E-state index contributed by atoms with van der Waals surface area (Å²) in [6.45, 7) is 16.8. The minimum absolute atomic E-state index is 0.0637. The molecule has 32 heavy (non-hydrogen) atoms. The topological polar surface area (TPSA) is 82.1 Å². The number of aliphatic hydroxyl groups is 1. The summed E-state index contributed by atoms with van der Waals surface area (Å²) >= 11 is 0. The highest BCUT2D eigenvalue weighted by molar-refractivity contribution is 6.74. The highest BCUT2D eigenvalue weighted by Gasteiger charge is 2.37. The molecule has 0 fully saturated rings. The molecular weight excluding hydrogens is 424 g/mol. The lowest BCUT2D eigenvalue weighted by atomic mass is 10.0. The second kappa shape index (κ2) is 12.1. The van der Waals surface area contributed by atoms with Gasteiger partial charge in [0.15, 0.2) is 8.32 Å². The molecule has 0 saturated heterocycles. The van der Waals surface area contributed by atoms with Gasteiger partial charge in [0, 0.05) is 13.0 Å². The Morgan fingerprint density at radius 3 is 2.31 bits per heavy atom. The maximum absolute atomic E-state index is 12.6. The van der Waals surface area contributed by atoms with Crippen molar-refractivity contribution < 1.29 is 28.6 Å². The molecule has 0 aliphatic carbocycles. The maximum atomic E-state index is 12.6. The first-order valence-electron chi connectivity index (χ1n) is 10.8. The zero-order valence-corrected chi connectivity index (χ0v) is 21.4. The summed E-state index contributed by atoms with van der Waals surface area (Å²) in [6.07, 6.45) is 1.79. The minimum Gasteiger partial charge on any atom is -0.469 e. The zero-order valence-electron chi connectivity index (χ0n) is 20.4. The number of ether oxygens (including phenoxy) is 2. The first kappa shape index (κ1) is 27.8. The van der Waals surface area contributed by atoms with E-state index in [1.807, 2.05) is 6.07 Å².